The van der Waals surface area contributed by atoms with Crippen LogP contribution in [0.3, 0.4) is 0 Å². The zero-order valence-corrected chi connectivity index (χ0v) is 12.7. The highest BCUT2D eigenvalue weighted by molar-refractivity contribution is 8.00. The van der Waals surface area contributed by atoms with Gasteiger partial charge in [0.2, 0.25) is 5.91 Å². The number of carbonyl (C=O) groups excluding carboxylic acids is 2. The lowest BCUT2D eigenvalue weighted by Gasteiger charge is -2.09. The van der Waals surface area contributed by atoms with E-state index in [1.54, 1.807) is 6.92 Å². The van der Waals surface area contributed by atoms with E-state index in [0.717, 1.165) is 6.07 Å². The minimum Gasteiger partial charge on any atom is -0.469 e. The van der Waals surface area contributed by atoms with Crippen LogP contribution in [-0.4, -0.2) is 30.5 Å². The van der Waals surface area contributed by atoms with Crippen LogP contribution in [0.25, 0.3) is 0 Å². The van der Waals surface area contributed by atoms with E-state index < -0.39 is 5.82 Å². The number of anilines is 1. The third-order valence-electron chi connectivity index (χ3n) is 2.41. The van der Waals surface area contributed by atoms with E-state index in [-0.39, 0.29) is 34.3 Å². The lowest BCUT2D eigenvalue weighted by Crippen LogP contribution is -2.18. The maximum absolute atomic E-state index is 13.4. The topological polar surface area (TPSA) is 55.4 Å². The number of carbonyl (C=O) groups is 2. The fourth-order valence-corrected chi connectivity index (χ4v) is 2.40. The summed E-state index contributed by atoms with van der Waals surface area (Å²) in [4.78, 5) is 22.8. The van der Waals surface area contributed by atoms with Crippen molar-refractivity contribution in [3.63, 3.8) is 0 Å². The Morgan fingerprint density at radius 3 is 2.80 bits per heavy atom. The van der Waals surface area contributed by atoms with Gasteiger partial charge in [-0.15, -0.1) is 0 Å². The molecule has 0 saturated heterocycles. The van der Waals surface area contributed by atoms with Gasteiger partial charge in [-0.3, -0.25) is 9.59 Å². The van der Waals surface area contributed by atoms with Crippen LogP contribution in [0.4, 0.5) is 10.1 Å². The highest BCUT2D eigenvalue weighted by atomic mass is 35.5. The van der Waals surface area contributed by atoms with Crippen LogP contribution in [0.1, 0.15) is 6.92 Å². The molecule has 1 aromatic rings. The summed E-state index contributed by atoms with van der Waals surface area (Å²) in [6.45, 7) is 1.72. The fourth-order valence-electron chi connectivity index (χ4n) is 1.37. The summed E-state index contributed by atoms with van der Waals surface area (Å²) in [6.07, 6.45) is 0. The van der Waals surface area contributed by atoms with E-state index in [2.05, 4.69) is 10.1 Å². The number of hydrogen-bond donors (Lipinski definition) is 1. The summed E-state index contributed by atoms with van der Waals surface area (Å²) in [6, 6.07) is 4.02. The van der Waals surface area contributed by atoms with E-state index in [1.807, 2.05) is 0 Å². The third-order valence-corrected chi connectivity index (χ3v) is 3.85. The largest absolute Gasteiger partial charge is 0.469 e. The maximum atomic E-state index is 13.4. The Labute approximate surface area is 126 Å². The van der Waals surface area contributed by atoms with Gasteiger partial charge in [0.25, 0.3) is 0 Å². The molecule has 110 valence electrons. The Morgan fingerprint density at radius 1 is 1.50 bits per heavy atom. The molecule has 0 aliphatic heterocycles. The van der Waals surface area contributed by atoms with Crippen LogP contribution in [0.2, 0.25) is 5.02 Å². The molecule has 0 radical (unpaired) electrons. The van der Waals surface area contributed by atoms with Crippen LogP contribution in [0.15, 0.2) is 18.2 Å². The van der Waals surface area contributed by atoms with Crippen molar-refractivity contribution >= 4 is 40.9 Å². The van der Waals surface area contributed by atoms with E-state index in [1.165, 1.54) is 31.0 Å². The Morgan fingerprint density at radius 2 is 2.20 bits per heavy atom. The number of esters is 1. The summed E-state index contributed by atoms with van der Waals surface area (Å²) in [5.74, 6) is -0.939. The summed E-state index contributed by atoms with van der Waals surface area (Å²) < 4.78 is 18.0. The molecule has 7 heteroatoms. The lowest BCUT2D eigenvalue weighted by atomic mass is 10.2. The van der Waals surface area contributed by atoms with E-state index in [9.17, 15) is 14.0 Å². The Balaban J connectivity index is 2.39. The Hall–Kier alpha value is -1.27. The van der Waals surface area contributed by atoms with Gasteiger partial charge in [0.05, 0.1) is 24.5 Å². The van der Waals surface area contributed by atoms with Crippen molar-refractivity contribution in [3.8, 4) is 0 Å². The average Bonchev–Trinajstić information content (AvgIpc) is 2.41. The fraction of sp³-hybridized carbons (Fsp3) is 0.385. The molecule has 1 rings (SSSR count). The first-order chi connectivity index (χ1) is 9.43. The number of ether oxygens (including phenoxy) is 1. The van der Waals surface area contributed by atoms with Crippen LogP contribution < -0.4 is 5.32 Å². The molecular weight excluding hydrogens is 305 g/mol. The number of amides is 1. The lowest BCUT2D eigenvalue weighted by molar-refractivity contribution is -0.144. The molecule has 0 aromatic heterocycles. The number of hydrogen-bond acceptors (Lipinski definition) is 4. The Kier molecular flexibility index (Phi) is 6.81. The zero-order chi connectivity index (χ0) is 15.1. The molecule has 1 N–H and O–H groups in total. The molecule has 1 amide bonds. The zero-order valence-electron chi connectivity index (χ0n) is 11.1. The van der Waals surface area contributed by atoms with Crippen molar-refractivity contribution in [2.24, 2.45) is 5.92 Å². The maximum Gasteiger partial charge on any atom is 0.309 e. The molecule has 0 heterocycles. The van der Waals surface area contributed by atoms with Gasteiger partial charge in [0.1, 0.15) is 5.82 Å². The van der Waals surface area contributed by atoms with E-state index >= 15 is 0 Å². The summed E-state index contributed by atoms with van der Waals surface area (Å²) in [5.41, 5.74) is 0.0843. The van der Waals surface area contributed by atoms with Gasteiger partial charge >= 0.3 is 5.97 Å². The van der Waals surface area contributed by atoms with Gasteiger partial charge in [-0.25, -0.2) is 4.39 Å². The average molecular weight is 320 g/mol. The van der Waals surface area contributed by atoms with Gasteiger partial charge < -0.3 is 10.1 Å². The first kappa shape index (κ1) is 16.8. The van der Waals surface area contributed by atoms with Crippen LogP contribution in [0, 0.1) is 11.7 Å². The predicted octanol–water partition coefficient (Wildman–Crippen LogP) is 2.96. The van der Waals surface area contributed by atoms with Gasteiger partial charge in [-0.2, -0.15) is 11.8 Å². The highest BCUT2D eigenvalue weighted by Gasteiger charge is 2.14. The highest BCUT2D eigenvalue weighted by Crippen LogP contribution is 2.19. The van der Waals surface area contributed by atoms with Crippen molar-refractivity contribution in [3.05, 3.63) is 29.0 Å². The predicted molar refractivity (Wildman–Crippen MR) is 78.5 cm³/mol. The van der Waals surface area contributed by atoms with Crippen molar-refractivity contribution in [2.75, 3.05) is 23.9 Å². The van der Waals surface area contributed by atoms with E-state index in [4.69, 9.17) is 11.6 Å². The molecule has 0 fully saturated rings. The number of benzene rings is 1. The monoisotopic (exact) mass is 319 g/mol. The third kappa shape index (κ3) is 5.38. The first-order valence-electron chi connectivity index (χ1n) is 5.84. The van der Waals surface area contributed by atoms with Gasteiger partial charge in [0, 0.05) is 10.8 Å². The van der Waals surface area contributed by atoms with Crippen molar-refractivity contribution < 1.29 is 18.7 Å². The number of methoxy groups -OCH3 is 1. The molecule has 0 aliphatic rings. The molecule has 1 atom stereocenters. The second-order valence-corrected chi connectivity index (χ2v) is 5.58. The van der Waals surface area contributed by atoms with E-state index in [0.29, 0.717) is 5.75 Å². The molecular formula is C13H15ClFNO3S. The minimum absolute atomic E-state index is 0.0843. The molecule has 0 bridgehead atoms. The van der Waals surface area contributed by atoms with Crippen molar-refractivity contribution in [2.45, 2.75) is 6.92 Å². The molecule has 0 aliphatic carbocycles. The van der Waals surface area contributed by atoms with Crippen molar-refractivity contribution in [1.82, 2.24) is 0 Å². The van der Waals surface area contributed by atoms with Crippen LogP contribution >= 0.6 is 23.4 Å². The van der Waals surface area contributed by atoms with Gasteiger partial charge in [-0.05, 0) is 18.2 Å². The smallest absolute Gasteiger partial charge is 0.309 e. The van der Waals surface area contributed by atoms with Gasteiger partial charge in [-0.1, -0.05) is 18.5 Å². The molecule has 1 unspecified atom stereocenters. The summed E-state index contributed by atoms with van der Waals surface area (Å²) in [5, 5.41) is 2.71. The Bertz CT molecular complexity index is 499. The van der Waals surface area contributed by atoms with Crippen molar-refractivity contribution in [1.29, 1.82) is 0 Å². The second kappa shape index (κ2) is 8.11. The molecule has 1 aromatic carbocycles. The summed E-state index contributed by atoms with van der Waals surface area (Å²) in [7, 11) is 1.32. The van der Waals surface area contributed by atoms with Gasteiger partial charge in [0.15, 0.2) is 0 Å². The second-order valence-electron chi connectivity index (χ2n) is 4.11. The molecule has 20 heavy (non-hydrogen) atoms. The van der Waals surface area contributed by atoms with Crippen LogP contribution in [0.5, 0.6) is 0 Å². The van der Waals surface area contributed by atoms with Crippen LogP contribution in [-0.2, 0) is 14.3 Å². The molecule has 0 spiro atoms. The standard InChI is InChI=1S/C13H15ClFNO3S/c1-8(13(18)19-2)6-20-7-12(17)16-11-4-3-9(14)5-10(11)15/h3-5,8H,6-7H2,1-2H3,(H,16,17). The number of thioether (sulfide) groups is 1. The minimum atomic E-state index is -0.584. The quantitative estimate of drug-likeness (QED) is 0.819. The molecule has 0 saturated carbocycles. The SMILES string of the molecule is COC(=O)C(C)CSCC(=O)Nc1ccc(Cl)cc1F. The normalized spacial score (nSPS) is 11.8. The number of nitrogens with one attached hydrogen (secondary N) is 1. The number of rotatable bonds is 6. The number of halogens is 2. The molecule has 4 nitrogen and oxygen atoms in total. The first-order valence-corrected chi connectivity index (χ1v) is 7.37. The summed E-state index contributed by atoms with van der Waals surface area (Å²) >= 11 is 6.89.